The lowest BCUT2D eigenvalue weighted by Gasteiger charge is -1.92. The van der Waals surface area contributed by atoms with Gasteiger partial charge in [-0.05, 0) is 6.42 Å². The topological polar surface area (TPSA) is 201 Å². The Bertz CT molecular complexity index is 272. The maximum Gasteiger partial charge on any atom is 0.394 e. The predicted octanol–water partition coefficient (Wildman–Crippen LogP) is -1.67. The molecule has 0 aromatic rings. The fourth-order valence-electron chi connectivity index (χ4n) is 0. The Labute approximate surface area is 87.4 Å². The van der Waals surface area contributed by atoms with E-state index in [4.69, 9.17) is 46.5 Å². The zero-order chi connectivity index (χ0) is 13.3. The van der Waals surface area contributed by atoms with Crippen molar-refractivity contribution in [2.45, 2.75) is 19.5 Å². The monoisotopic (exact) mass is 270 g/mol. The third kappa shape index (κ3) is 674. The van der Waals surface area contributed by atoms with Gasteiger partial charge in [0.2, 0.25) is 0 Å². The summed E-state index contributed by atoms with van der Waals surface area (Å²) >= 11 is 0. The molecule has 0 aromatic heterocycles. The van der Waals surface area contributed by atoms with E-state index >= 15 is 0 Å². The number of hydrogen-bond donors (Lipinski definition) is 6. The second-order valence-electron chi connectivity index (χ2n) is 1.97. The lowest BCUT2D eigenvalue weighted by Crippen LogP contribution is -2.28. The van der Waals surface area contributed by atoms with Gasteiger partial charge in [-0.2, -0.15) is 16.8 Å². The Morgan fingerprint density at radius 1 is 0.933 bits per heavy atom. The fraction of sp³-hybridized carbons (Fsp3) is 1.00. The molecule has 0 aliphatic carbocycles. The summed E-state index contributed by atoms with van der Waals surface area (Å²) in [5.74, 6) is 0. The van der Waals surface area contributed by atoms with Crippen LogP contribution in [0.15, 0.2) is 0 Å². The fourth-order valence-corrected chi connectivity index (χ4v) is 0. The largest absolute Gasteiger partial charge is 0.394 e. The van der Waals surface area contributed by atoms with Gasteiger partial charge in [0.05, 0.1) is 6.17 Å². The summed E-state index contributed by atoms with van der Waals surface area (Å²) in [6.07, 6.45) is 0.745. The first-order valence-electron chi connectivity index (χ1n) is 3.18. The Hall–Kier alpha value is -0.340. The van der Waals surface area contributed by atoms with E-state index in [2.05, 4.69) is 0 Å². The molecular weight excluding hydrogens is 256 g/mol. The van der Waals surface area contributed by atoms with Crippen LogP contribution in [0, 0.1) is 0 Å². The minimum atomic E-state index is -4.67. The average Bonchev–Trinajstić information content (AvgIpc) is 1.79. The molecule has 0 aromatic carbocycles. The molecule has 0 saturated heterocycles. The van der Waals surface area contributed by atoms with E-state index in [0.717, 1.165) is 6.42 Å². The van der Waals surface area contributed by atoms with Gasteiger partial charge in [-0.15, -0.1) is 0 Å². The van der Waals surface area contributed by atoms with Crippen LogP contribution in [0.5, 0.6) is 0 Å². The SMILES string of the molecule is CCC(N)N.O=S(=O)(O)O.O=S(=O)(O)O. The molecule has 8 N–H and O–H groups in total. The Morgan fingerprint density at radius 3 is 1.00 bits per heavy atom. The summed E-state index contributed by atoms with van der Waals surface area (Å²) < 4.78 is 63.2. The average molecular weight is 270 g/mol. The second kappa shape index (κ2) is 8.93. The highest BCUT2D eigenvalue weighted by molar-refractivity contribution is 7.80. The number of hydrogen-bond acceptors (Lipinski definition) is 6. The molecule has 0 bridgehead atoms. The highest BCUT2D eigenvalue weighted by atomic mass is 32.3. The molecule has 0 saturated carbocycles. The van der Waals surface area contributed by atoms with Crippen molar-refractivity contribution in [3.05, 3.63) is 0 Å². The van der Waals surface area contributed by atoms with Gasteiger partial charge < -0.3 is 11.5 Å². The van der Waals surface area contributed by atoms with Crippen molar-refractivity contribution in [2.75, 3.05) is 0 Å². The first-order valence-corrected chi connectivity index (χ1v) is 5.97. The standard InChI is InChI=1S/C3H10N2.2H2O4S/c1-2-3(4)5;2*1-5(2,3)4/h3H,2,4-5H2,1H3;2*(H2,1,2,3,4). The normalized spacial score (nSPS) is 10.9. The Morgan fingerprint density at radius 2 is 1.00 bits per heavy atom. The first-order chi connectivity index (χ1) is 6.27. The lowest BCUT2D eigenvalue weighted by molar-refractivity contribution is 0.378. The minimum Gasteiger partial charge on any atom is -0.316 e. The van der Waals surface area contributed by atoms with Gasteiger partial charge in [0.15, 0.2) is 0 Å². The van der Waals surface area contributed by atoms with E-state index in [-0.39, 0.29) is 6.17 Å². The second-order valence-corrected chi connectivity index (χ2v) is 3.76. The van der Waals surface area contributed by atoms with Gasteiger partial charge in [0.1, 0.15) is 0 Å². The van der Waals surface area contributed by atoms with E-state index in [1.807, 2.05) is 6.92 Å². The summed E-state index contributed by atoms with van der Waals surface area (Å²) in [5, 5.41) is 0. The summed E-state index contributed by atoms with van der Waals surface area (Å²) in [6.45, 7) is 1.95. The molecule has 12 heteroatoms. The summed E-state index contributed by atoms with van der Waals surface area (Å²) in [7, 11) is -9.33. The summed E-state index contributed by atoms with van der Waals surface area (Å²) in [5.41, 5.74) is 10.1. The Balaban J connectivity index is -0.000000144. The Kier molecular flexibility index (Phi) is 12.0. The van der Waals surface area contributed by atoms with Gasteiger partial charge in [0.25, 0.3) is 0 Å². The molecule has 0 spiro atoms. The van der Waals surface area contributed by atoms with Gasteiger partial charge in [-0.1, -0.05) is 6.92 Å². The molecular formula is C3H14N2O8S2. The highest BCUT2D eigenvalue weighted by Crippen LogP contribution is 1.68. The molecule has 0 heterocycles. The van der Waals surface area contributed by atoms with Gasteiger partial charge in [-0.3, -0.25) is 18.2 Å². The van der Waals surface area contributed by atoms with Crippen molar-refractivity contribution >= 4 is 20.8 Å². The molecule has 0 aliphatic heterocycles. The van der Waals surface area contributed by atoms with Crippen LogP contribution < -0.4 is 11.5 Å². The maximum atomic E-state index is 8.74. The van der Waals surface area contributed by atoms with Gasteiger partial charge >= 0.3 is 20.8 Å². The molecule has 15 heavy (non-hydrogen) atoms. The van der Waals surface area contributed by atoms with Crippen LogP contribution in [0.25, 0.3) is 0 Å². The van der Waals surface area contributed by atoms with Crippen molar-refractivity contribution in [3.8, 4) is 0 Å². The molecule has 0 unspecified atom stereocenters. The van der Waals surface area contributed by atoms with E-state index in [1.54, 1.807) is 0 Å². The molecule has 0 rings (SSSR count). The van der Waals surface area contributed by atoms with Crippen LogP contribution >= 0.6 is 0 Å². The van der Waals surface area contributed by atoms with Crippen molar-refractivity contribution in [2.24, 2.45) is 11.5 Å². The van der Waals surface area contributed by atoms with E-state index < -0.39 is 20.8 Å². The van der Waals surface area contributed by atoms with Crippen LogP contribution in [0.2, 0.25) is 0 Å². The molecule has 0 amide bonds. The van der Waals surface area contributed by atoms with Crippen molar-refractivity contribution in [1.29, 1.82) is 0 Å². The third-order valence-corrected chi connectivity index (χ3v) is 0.471. The number of rotatable bonds is 1. The van der Waals surface area contributed by atoms with Crippen molar-refractivity contribution in [3.63, 3.8) is 0 Å². The summed E-state index contributed by atoms with van der Waals surface area (Å²) in [4.78, 5) is 0. The quantitative estimate of drug-likeness (QED) is 0.236. The first kappa shape index (κ1) is 20.1. The highest BCUT2D eigenvalue weighted by Gasteiger charge is 1.85. The van der Waals surface area contributed by atoms with Crippen molar-refractivity contribution < 1.29 is 35.0 Å². The molecule has 10 nitrogen and oxygen atoms in total. The summed E-state index contributed by atoms with van der Waals surface area (Å²) in [6, 6.07) is 0. The predicted molar refractivity (Wildman–Crippen MR) is 50.8 cm³/mol. The minimum absolute atomic E-state index is 0.116. The zero-order valence-corrected chi connectivity index (χ0v) is 9.31. The lowest BCUT2D eigenvalue weighted by atomic mass is 10.4. The molecule has 96 valence electrons. The third-order valence-electron chi connectivity index (χ3n) is 0.471. The van der Waals surface area contributed by atoms with E-state index in [0.29, 0.717) is 0 Å². The molecule has 0 fully saturated rings. The van der Waals surface area contributed by atoms with Crippen LogP contribution in [-0.2, 0) is 20.8 Å². The number of nitrogens with two attached hydrogens (primary N) is 2. The van der Waals surface area contributed by atoms with Crippen LogP contribution in [0.3, 0.4) is 0 Å². The van der Waals surface area contributed by atoms with Crippen LogP contribution in [0.1, 0.15) is 13.3 Å². The van der Waals surface area contributed by atoms with Crippen molar-refractivity contribution in [1.82, 2.24) is 0 Å². The van der Waals surface area contributed by atoms with Gasteiger partial charge in [-0.25, -0.2) is 0 Å². The zero-order valence-electron chi connectivity index (χ0n) is 7.68. The molecule has 0 aliphatic rings. The molecule has 0 atom stereocenters. The molecule has 0 radical (unpaired) electrons. The van der Waals surface area contributed by atoms with Gasteiger partial charge in [0, 0.05) is 0 Å². The smallest absolute Gasteiger partial charge is 0.316 e. The van der Waals surface area contributed by atoms with E-state index in [9.17, 15) is 0 Å². The van der Waals surface area contributed by atoms with E-state index in [1.165, 1.54) is 0 Å². The van der Waals surface area contributed by atoms with Crippen LogP contribution in [0.4, 0.5) is 0 Å². The maximum absolute atomic E-state index is 8.74. The van der Waals surface area contributed by atoms with Crippen LogP contribution in [-0.4, -0.2) is 41.2 Å².